The van der Waals surface area contributed by atoms with E-state index in [0.717, 1.165) is 30.8 Å². The summed E-state index contributed by atoms with van der Waals surface area (Å²) in [5.41, 5.74) is 6.10. The second kappa shape index (κ2) is 7.13. The molecule has 0 saturated heterocycles. The van der Waals surface area contributed by atoms with Gasteiger partial charge in [0.25, 0.3) is 0 Å². The Hall–Kier alpha value is -2.53. The van der Waals surface area contributed by atoms with Crippen LogP contribution >= 0.6 is 0 Å². The van der Waals surface area contributed by atoms with Crippen LogP contribution in [0.15, 0.2) is 36.4 Å². The molecule has 0 fully saturated rings. The first kappa shape index (κ1) is 18.8. The van der Waals surface area contributed by atoms with E-state index in [-0.39, 0.29) is 11.6 Å². The van der Waals surface area contributed by atoms with E-state index in [2.05, 4.69) is 55.4 Å². The van der Waals surface area contributed by atoms with E-state index in [1.807, 2.05) is 19.2 Å². The molecule has 2 aliphatic rings. The van der Waals surface area contributed by atoms with Gasteiger partial charge in [-0.3, -0.25) is 4.90 Å². The largest absolute Gasteiger partial charge is 0.487 e. The zero-order valence-corrected chi connectivity index (χ0v) is 17.2. The van der Waals surface area contributed by atoms with Crippen LogP contribution in [0.4, 0.5) is 4.79 Å². The fourth-order valence-corrected chi connectivity index (χ4v) is 4.15. The van der Waals surface area contributed by atoms with Gasteiger partial charge < -0.3 is 15.0 Å². The lowest BCUT2D eigenvalue weighted by Gasteiger charge is -2.19. The molecule has 0 spiro atoms. The molecule has 0 unspecified atom stereocenters. The number of nitrogens with one attached hydrogen (secondary N) is 1. The molecule has 0 radical (unpaired) electrons. The Morgan fingerprint density at radius 3 is 2.64 bits per heavy atom. The first-order valence-electron chi connectivity index (χ1n) is 9.88. The summed E-state index contributed by atoms with van der Waals surface area (Å²) in [6.07, 6.45) is 0.900. The number of hydrogen-bond donors (Lipinski definition) is 1. The Morgan fingerprint density at radius 1 is 1.11 bits per heavy atom. The van der Waals surface area contributed by atoms with Crippen LogP contribution in [0.5, 0.6) is 5.75 Å². The molecule has 2 aromatic carbocycles. The molecule has 148 valence electrons. The van der Waals surface area contributed by atoms with Crippen molar-refractivity contribution in [3.8, 4) is 5.75 Å². The first-order chi connectivity index (χ1) is 13.3. The third-order valence-electron chi connectivity index (χ3n) is 5.49. The highest BCUT2D eigenvalue weighted by Gasteiger charge is 2.29. The van der Waals surface area contributed by atoms with Crippen molar-refractivity contribution in [3.63, 3.8) is 0 Å². The molecule has 28 heavy (non-hydrogen) atoms. The minimum atomic E-state index is -0.144. The Kier molecular flexibility index (Phi) is 4.79. The highest BCUT2D eigenvalue weighted by atomic mass is 16.5. The summed E-state index contributed by atoms with van der Waals surface area (Å²) in [6, 6.07) is 12.7. The molecule has 4 rings (SSSR count). The fraction of sp³-hybridized carbons (Fsp3) is 0.435. The monoisotopic (exact) mass is 379 g/mol. The molecule has 2 aliphatic heterocycles. The maximum absolute atomic E-state index is 12.5. The number of fused-ring (bicyclic) bond motifs is 2. The molecule has 2 aromatic rings. The van der Waals surface area contributed by atoms with Crippen molar-refractivity contribution < 1.29 is 9.53 Å². The van der Waals surface area contributed by atoms with Crippen LogP contribution in [-0.4, -0.2) is 35.5 Å². The lowest BCUT2D eigenvalue weighted by molar-refractivity contribution is 0.138. The maximum atomic E-state index is 12.5. The predicted molar refractivity (Wildman–Crippen MR) is 110 cm³/mol. The summed E-state index contributed by atoms with van der Waals surface area (Å²) in [5, 5.41) is 3.03. The normalized spacial score (nSPS) is 17.0. The van der Waals surface area contributed by atoms with Gasteiger partial charge in [0.1, 0.15) is 11.4 Å². The number of benzene rings is 2. The van der Waals surface area contributed by atoms with Gasteiger partial charge in [-0.1, -0.05) is 30.3 Å². The summed E-state index contributed by atoms with van der Waals surface area (Å²) >= 11 is 0. The van der Waals surface area contributed by atoms with Crippen LogP contribution in [-0.2, 0) is 32.6 Å². The van der Waals surface area contributed by atoms with Crippen LogP contribution in [0, 0.1) is 0 Å². The minimum absolute atomic E-state index is 0.0605. The Bertz CT molecular complexity index is 907. The van der Waals surface area contributed by atoms with Gasteiger partial charge in [-0.15, -0.1) is 0 Å². The molecule has 0 bridgehead atoms. The summed E-state index contributed by atoms with van der Waals surface area (Å²) in [5.74, 6) is 0.958. The molecular formula is C23H29N3O2. The molecule has 0 aliphatic carbocycles. The lowest BCUT2D eigenvalue weighted by Crippen LogP contribution is -2.36. The van der Waals surface area contributed by atoms with Crippen molar-refractivity contribution >= 4 is 6.03 Å². The summed E-state index contributed by atoms with van der Waals surface area (Å²) < 4.78 is 5.92. The molecule has 0 atom stereocenters. The minimum Gasteiger partial charge on any atom is -0.487 e. The molecule has 2 amide bonds. The molecule has 0 saturated carbocycles. The Morgan fingerprint density at radius 2 is 1.82 bits per heavy atom. The first-order valence-corrected chi connectivity index (χ1v) is 9.88. The van der Waals surface area contributed by atoms with Gasteiger partial charge in [-0.25, -0.2) is 4.79 Å². The van der Waals surface area contributed by atoms with Crippen LogP contribution < -0.4 is 10.1 Å². The average molecular weight is 380 g/mol. The number of carbonyl (C=O) groups excluding carboxylic acids is 1. The van der Waals surface area contributed by atoms with Crippen molar-refractivity contribution in [2.75, 3.05) is 14.1 Å². The number of rotatable bonds is 4. The van der Waals surface area contributed by atoms with Gasteiger partial charge in [-0.05, 0) is 54.8 Å². The molecule has 0 aromatic heterocycles. The smallest absolute Gasteiger partial charge is 0.317 e. The van der Waals surface area contributed by atoms with Crippen molar-refractivity contribution in [2.45, 2.75) is 52.0 Å². The Labute approximate surface area is 167 Å². The summed E-state index contributed by atoms with van der Waals surface area (Å²) in [4.78, 5) is 16.6. The number of carbonyl (C=O) groups is 1. The third-order valence-corrected chi connectivity index (χ3v) is 5.49. The number of nitrogens with zero attached hydrogens (tertiary/aromatic N) is 2. The van der Waals surface area contributed by atoms with Crippen LogP contribution in [0.3, 0.4) is 0 Å². The number of amides is 2. The van der Waals surface area contributed by atoms with Crippen LogP contribution in [0.1, 0.15) is 41.7 Å². The maximum Gasteiger partial charge on any atom is 0.317 e. The molecule has 5 nitrogen and oxygen atoms in total. The lowest BCUT2D eigenvalue weighted by atomic mass is 10.0. The van der Waals surface area contributed by atoms with Crippen LogP contribution in [0.25, 0.3) is 0 Å². The molecule has 2 heterocycles. The van der Waals surface area contributed by atoms with Crippen molar-refractivity contribution in [3.05, 3.63) is 64.2 Å². The second-order valence-electron chi connectivity index (χ2n) is 8.77. The zero-order chi connectivity index (χ0) is 19.9. The molecule has 1 N–H and O–H groups in total. The van der Waals surface area contributed by atoms with Crippen LogP contribution in [0.2, 0.25) is 0 Å². The van der Waals surface area contributed by atoms with Gasteiger partial charge >= 0.3 is 6.03 Å². The zero-order valence-electron chi connectivity index (χ0n) is 17.2. The van der Waals surface area contributed by atoms with E-state index < -0.39 is 0 Å². The third kappa shape index (κ3) is 3.99. The van der Waals surface area contributed by atoms with Gasteiger partial charge in [0.15, 0.2) is 0 Å². The summed E-state index contributed by atoms with van der Waals surface area (Å²) in [7, 11) is 3.97. The van der Waals surface area contributed by atoms with E-state index in [1.54, 1.807) is 4.90 Å². The molecular weight excluding hydrogens is 350 g/mol. The number of ether oxygens (including phenoxy) is 1. The van der Waals surface area contributed by atoms with Gasteiger partial charge in [0.2, 0.25) is 0 Å². The summed E-state index contributed by atoms with van der Waals surface area (Å²) in [6.45, 7) is 7.31. The highest BCUT2D eigenvalue weighted by Crippen LogP contribution is 2.35. The Balaban J connectivity index is 1.33. The van der Waals surface area contributed by atoms with Crippen molar-refractivity contribution in [1.29, 1.82) is 0 Å². The van der Waals surface area contributed by atoms with Gasteiger partial charge in [0.05, 0.1) is 0 Å². The molecule has 5 heteroatoms. The standard InChI is InChI=1S/C23H29N3O2/c1-23(2)11-19-9-16(6-8-21(19)28-23)12-24-22(27)26(4)13-17-5-7-18-14-25(3)15-20(18)10-17/h5-10H,11-15H2,1-4H3,(H,24,27). The number of hydrogen-bond acceptors (Lipinski definition) is 3. The average Bonchev–Trinajstić information content (AvgIpc) is 3.15. The predicted octanol–water partition coefficient (Wildman–Crippen LogP) is 3.69. The van der Waals surface area contributed by atoms with Crippen molar-refractivity contribution in [1.82, 2.24) is 15.1 Å². The van der Waals surface area contributed by atoms with E-state index >= 15 is 0 Å². The van der Waals surface area contributed by atoms with Gasteiger partial charge in [0, 0.05) is 39.6 Å². The topological polar surface area (TPSA) is 44.8 Å². The van der Waals surface area contributed by atoms with Gasteiger partial charge in [-0.2, -0.15) is 0 Å². The van der Waals surface area contributed by atoms with E-state index in [0.29, 0.717) is 13.1 Å². The fourth-order valence-electron chi connectivity index (χ4n) is 4.15. The number of urea groups is 1. The second-order valence-corrected chi connectivity index (χ2v) is 8.77. The quantitative estimate of drug-likeness (QED) is 0.881. The SMILES string of the molecule is CN1Cc2ccc(CN(C)C(=O)NCc3ccc4c(c3)CC(C)(C)O4)cc2C1. The highest BCUT2D eigenvalue weighted by molar-refractivity contribution is 5.73. The van der Waals surface area contributed by atoms with E-state index in [4.69, 9.17) is 4.74 Å². The van der Waals surface area contributed by atoms with E-state index in [1.165, 1.54) is 22.3 Å². The van der Waals surface area contributed by atoms with E-state index in [9.17, 15) is 4.79 Å². The van der Waals surface area contributed by atoms with Crippen molar-refractivity contribution in [2.24, 2.45) is 0 Å².